The van der Waals surface area contributed by atoms with Crippen molar-refractivity contribution in [2.24, 2.45) is 0 Å². The van der Waals surface area contributed by atoms with Gasteiger partial charge in [0.2, 0.25) is 0 Å². The summed E-state index contributed by atoms with van der Waals surface area (Å²) in [5, 5.41) is 5.55. The number of hydrogen-bond donors (Lipinski definition) is 0. The Labute approximate surface area is 248 Å². The van der Waals surface area contributed by atoms with Gasteiger partial charge in [0.15, 0.2) is 0 Å². The number of rotatable bonds is 6. The summed E-state index contributed by atoms with van der Waals surface area (Å²) in [6.45, 7) is 0. The predicted molar refractivity (Wildman–Crippen MR) is 180 cm³/mol. The van der Waals surface area contributed by atoms with Crippen molar-refractivity contribution in [3.05, 3.63) is 117 Å². The highest BCUT2D eigenvalue weighted by molar-refractivity contribution is 7.21. The zero-order chi connectivity index (χ0) is 26.2. The Hall–Kier alpha value is -3.28. The molecule has 9 rings (SSSR count). The van der Waals surface area contributed by atoms with Crippen molar-refractivity contribution < 1.29 is 0 Å². The zero-order valence-corrected chi connectivity index (χ0v) is 25.0. The van der Waals surface area contributed by atoms with E-state index in [1.54, 1.807) is 0 Å². The molecule has 40 heavy (non-hydrogen) atoms. The lowest BCUT2D eigenvalue weighted by Crippen LogP contribution is -1.98. The largest absolute Gasteiger partial charge is 0.140 e. The van der Waals surface area contributed by atoms with Crippen LogP contribution in [0.2, 0.25) is 0 Å². The van der Waals surface area contributed by atoms with E-state index in [4.69, 9.17) is 0 Å². The number of aryl methyl sites for hydroxylation is 4. The van der Waals surface area contributed by atoms with Crippen molar-refractivity contribution >= 4 is 85.7 Å². The van der Waals surface area contributed by atoms with Gasteiger partial charge in [-0.05, 0) is 94.8 Å². The lowest BCUT2D eigenvalue weighted by molar-refractivity contribution is 1.01. The molecule has 0 aliphatic heterocycles. The number of thiophene rings is 4. The lowest BCUT2D eigenvalue weighted by atomic mass is 9.79. The second kappa shape index (κ2) is 9.12. The minimum Gasteiger partial charge on any atom is -0.140 e. The molecule has 1 aliphatic rings. The summed E-state index contributed by atoms with van der Waals surface area (Å²) in [4.78, 5) is 5.96. The van der Waals surface area contributed by atoms with E-state index in [1.165, 1.54) is 82.1 Å². The van der Waals surface area contributed by atoms with Gasteiger partial charge in [0.25, 0.3) is 0 Å². The van der Waals surface area contributed by atoms with E-state index >= 15 is 0 Å². The standard InChI is InChI=1S/C36H24S4/c1-3-7-31-21(5-1)17-25(37-31)11-13-27-19-23-9-15-29-33(35(23)39-27)30-16-10-24-20-28(40-36(24)34(29)30)14-12-26-18-22-6-2-4-8-32(22)38-26/h1-10,15-20H,11-14H2. The molecule has 0 spiro atoms. The van der Waals surface area contributed by atoms with Crippen molar-refractivity contribution in [1.82, 2.24) is 0 Å². The molecular formula is C36H24S4. The maximum Gasteiger partial charge on any atom is 0.0430 e. The molecule has 4 heteroatoms. The first-order valence-electron chi connectivity index (χ1n) is 13.8. The van der Waals surface area contributed by atoms with Crippen LogP contribution in [0.3, 0.4) is 0 Å². The molecule has 0 N–H and O–H groups in total. The van der Waals surface area contributed by atoms with Gasteiger partial charge >= 0.3 is 0 Å². The first-order chi connectivity index (χ1) is 19.8. The van der Waals surface area contributed by atoms with Crippen LogP contribution in [0.5, 0.6) is 0 Å². The molecule has 1 aliphatic carbocycles. The molecule has 192 valence electrons. The van der Waals surface area contributed by atoms with Crippen LogP contribution < -0.4 is 0 Å². The van der Waals surface area contributed by atoms with Crippen LogP contribution in [0, 0.1) is 0 Å². The van der Waals surface area contributed by atoms with Gasteiger partial charge in [0.1, 0.15) is 0 Å². The molecule has 0 amide bonds. The Morgan fingerprint density at radius 1 is 0.375 bits per heavy atom. The summed E-state index contributed by atoms with van der Waals surface area (Å²) < 4.78 is 5.74. The summed E-state index contributed by atoms with van der Waals surface area (Å²) in [6.07, 6.45) is 4.46. The summed E-state index contributed by atoms with van der Waals surface area (Å²) in [6, 6.07) is 36.5. The van der Waals surface area contributed by atoms with Crippen LogP contribution in [0.1, 0.15) is 19.5 Å². The normalized spacial score (nSPS) is 12.4. The Morgan fingerprint density at radius 3 is 1.23 bits per heavy atom. The summed E-state index contributed by atoms with van der Waals surface area (Å²) in [5.74, 6) is 0. The fourth-order valence-corrected chi connectivity index (χ4v) is 10.8. The topological polar surface area (TPSA) is 0 Å². The maximum absolute atomic E-state index is 2.43. The Bertz CT molecular complexity index is 1990. The molecule has 4 aromatic carbocycles. The maximum atomic E-state index is 2.43. The third-order valence-corrected chi connectivity index (χ3v) is 13.0. The van der Waals surface area contributed by atoms with Crippen LogP contribution in [0.15, 0.2) is 97.1 Å². The van der Waals surface area contributed by atoms with Crippen LogP contribution >= 0.6 is 45.3 Å². The quantitative estimate of drug-likeness (QED) is 0.182. The van der Waals surface area contributed by atoms with Gasteiger partial charge in [-0.15, -0.1) is 45.3 Å². The fraction of sp³-hybridized carbons (Fsp3) is 0.111. The van der Waals surface area contributed by atoms with Gasteiger partial charge in [-0.1, -0.05) is 60.7 Å². The summed E-state index contributed by atoms with van der Waals surface area (Å²) in [5.41, 5.74) is 5.85. The van der Waals surface area contributed by atoms with Crippen molar-refractivity contribution in [1.29, 1.82) is 0 Å². The van der Waals surface area contributed by atoms with Gasteiger partial charge < -0.3 is 0 Å². The number of fused-ring (bicyclic) bond motifs is 10. The van der Waals surface area contributed by atoms with Crippen molar-refractivity contribution in [3.63, 3.8) is 0 Å². The third kappa shape index (κ3) is 3.74. The molecule has 0 saturated heterocycles. The monoisotopic (exact) mass is 584 g/mol. The minimum atomic E-state index is 1.11. The molecule has 0 fully saturated rings. The molecule has 4 heterocycles. The van der Waals surface area contributed by atoms with E-state index < -0.39 is 0 Å². The molecule has 0 saturated carbocycles. The highest BCUT2D eigenvalue weighted by Gasteiger charge is 2.28. The van der Waals surface area contributed by atoms with E-state index in [1.807, 2.05) is 45.3 Å². The van der Waals surface area contributed by atoms with Crippen molar-refractivity contribution in [3.8, 4) is 22.3 Å². The Morgan fingerprint density at radius 2 is 0.775 bits per heavy atom. The van der Waals surface area contributed by atoms with Crippen LogP contribution in [0.4, 0.5) is 0 Å². The molecule has 0 nitrogen and oxygen atoms in total. The fourth-order valence-electron chi connectivity index (χ4n) is 6.26. The SMILES string of the molecule is c1ccc2sc(CCc3cc4ccc5c(c4s3)-c3ccc4cc(CCc6cc7ccccc7s6)sc4c3-5)cc2c1. The van der Waals surface area contributed by atoms with E-state index in [9.17, 15) is 0 Å². The minimum absolute atomic E-state index is 1.11. The molecule has 8 aromatic rings. The van der Waals surface area contributed by atoms with Gasteiger partial charge in [0, 0.05) is 49.4 Å². The number of hydrogen-bond acceptors (Lipinski definition) is 4. The van der Waals surface area contributed by atoms with Crippen molar-refractivity contribution in [2.75, 3.05) is 0 Å². The predicted octanol–water partition coefficient (Wildman–Crippen LogP) is 11.8. The molecule has 0 radical (unpaired) electrons. The van der Waals surface area contributed by atoms with Gasteiger partial charge in [0.05, 0.1) is 0 Å². The van der Waals surface area contributed by atoms with Crippen LogP contribution in [0.25, 0.3) is 62.6 Å². The first kappa shape index (κ1) is 23.4. The summed E-state index contributed by atoms with van der Waals surface area (Å²) in [7, 11) is 0. The first-order valence-corrected chi connectivity index (χ1v) is 17.1. The van der Waals surface area contributed by atoms with Gasteiger partial charge in [-0.25, -0.2) is 0 Å². The van der Waals surface area contributed by atoms with E-state index in [-0.39, 0.29) is 0 Å². The van der Waals surface area contributed by atoms with Crippen molar-refractivity contribution in [2.45, 2.75) is 25.7 Å². The molecular weight excluding hydrogens is 561 g/mol. The average molecular weight is 585 g/mol. The molecule has 4 aromatic heterocycles. The van der Waals surface area contributed by atoms with Gasteiger partial charge in [-0.2, -0.15) is 0 Å². The number of benzene rings is 4. The molecule has 0 bridgehead atoms. The zero-order valence-electron chi connectivity index (χ0n) is 21.7. The summed E-state index contributed by atoms with van der Waals surface area (Å²) >= 11 is 7.90. The van der Waals surface area contributed by atoms with E-state index in [0.29, 0.717) is 0 Å². The van der Waals surface area contributed by atoms with Crippen LogP contribution in [-0.4, -0.2) is 0 Å². The second-order valence-electron chi connectivity index (χ2n) is 10.7. The molecule has 0 unspecified atom stereocenters. The average Bonchev–Trinajstić information content (AvgIpc) is 3.75. The van der Waals surface area contributed by atoms with E-state index in [2.05, 4.69) is 97.1 Å². The van der Waals surface area contributed by atoms with Gasteiger partial charge in [-0.3, -0.25) is 0 Å². The Balaban J connectivity index is 0.987. The third-order valence-electron chi connectivity index (χ3n) is 8.20. The smallest absolute Gasteiger partial charge is 0.0430 e. The lowest BCUT2D eigenvalue weighted by Gasteiger charge is -2.25. The van der Waals surface area contributed by atoms with Crippen LogP contribution in [-0.2, 0) is 25.7 Å². The van der Waals surface area contributed by atoms with E-state index in [0.717, 1.165) is 25.7 Å². The molecule has 0 atom stereocenters. The Kier molecular flexibility index (Phi) is 5.34. The highest BCUT2D eigenvalue weighted by Crippen LogP contribution is 2.56. The second-order valence-corrected chi connectivity index (χ2v) is 15.3. The highest BCUT2D eigenvalue weighted by atomic mass is 32.1.